The number of hydrogen-bond donors (Lipinski definition) is 1. The molecule has 0 saturated heterocycles. The maximum Gasteiger partial charge on any atom is 0.356 e. The Kier molecular flexibility index (Phi) is 3.28. The minimum atomic E-state index is -1.04. The molecular formula is C10H5BrClNO2S. The highest BCUT2D eigenvalue weighted by Crippen LogP contribution is 2.33. The van der Waals surface area contributed by atoms with Gasteiger partial charge in [-0.05, 0) is 33.6 Å². The number of carboxylic acid groups (broad SMARTS) is 1. The largest absolute Gasteiger partial charge is 0.476 e. The van der Waals surface area contributed by atoms with Crippen LogP contribution < -0.4 is 0 Å². The number of halogens is 2. The molecule has 0 aliphatic heterocycles. The van der Waals surface area contributed by atoms with Crippen molar-refractivity contribution in [3.05, 3.63) is 38.9 Å². The third-order valence-electron chi connectivity index (χ3n) is 1.91. The highest BCUT2D eigenvalue weighted by atomic mass is 79.9. The topological polar surface area (TPSA) is 50.2 Å². The van der Waals surface area contributed by atoms with Gasteiger partial charge in [0.1, 0.15) is 0 Å². The van der Waals surface area contributed by atoms with Gasteiger partial charge in [0.05, 0.1) is 4.88 Å². The van der Waals surface area contributed by atoms with Crippen molar-refractivity contribution in [3.8, 4) is 10.4 Å². The zero-order chi connectivity index (χ0) is 11.7. The van der Waals surface area contributed by atoms with Crippen molar-refractivity contribution in [2.75, 3.05) is 0 Å². The maximum absolute atomic E-state index is 11.0. The third kappa shape index (κ3) is 2.26. The molecule has 0 amide bonds. The first-order chi connectivity index (χ1) is 7.58. The van der Waals surface area contributed by atoms with Crippen LogP contribution in [0.2, 0.25) is 5.02 Å². The van der Waals surface area contributed by atoms with Gasteiger partial charge in [-0.3, -0.25) is 0 Å². The summed E-state index contributed by atoms with van der Waals surface area (Å²) in [5, 5.41) is 9.61. The van der Waals surface area contributed by atoms with Gasteiger partial charge in [0.15, 0.2) is 9.61 Å². The first-order valence-electron chi connectivity index (χ1n) is 4.23. The molecule has 2 aromatic rings. The summed E-state index contributed by atoms with van der Waals surface area (Å²) in [6.07, 6.45) is 0. The van der Waals surface area contributed by atoms with Crippen LogP contribution in [0.1, 0.15) is 10.5 Å². The molecule has 1 aromatic carbocycles. The summed E-state index contributed by atoms with van der Waals surface area (Å²) in [7, 11) is 0. The highest BCUT2D eigenvalue weighted by Gasteiger charge is 2.17. The zero-order valence-corrected chi connectivity index (χ0v) is 10.9. The van der Waals surface area contributed by atoms with E-state index in [2.05, 4.69) is 20.9 Å². The lowest BCUT2D eigenvalue weighted by Crippen LogP contribution is -1.98. The Balaban J connectivity index is 2.55. The summed E-state index contributed by atoms with van der Waals surface area (Å²) < 4.78 is 0.551. The van der Waals surface area contributed by atoms with Crippen molar-refractivity contribution < 1.29 is 9.90 Å². The van der Waals surface area contributed by atoms with Crippen LogP contribution in [0.25, 0.3) is 10.4 Å². The quantitative estimate of drug-likeness (QED) is 0.913. The summed E-state index contributed by atoms with van der Waals surface area (Å²) >= 11 is 10.2. The van der Waals surface area contributed by atoms with Crippen molar-refractivity contribution in [3.63, 3.8) is 0 Å². The molecule has 0 aliphatic carbocycles. The van der Waals surface area contributed by atoms with Crippen molar-refractivity contribution >= 4 is 44.8 Å². The van der Waals surface area contributed by atoms with Crippen LogP contribution in [-0.4, -0.2) is 16.1 Å². The average Bonchev–Trinajstić information content (AvgIpc) is 2.61. The fraction of sp³-hybridized carbons (Fsp3) is 0. The van der Waals surface area contributed by atoms with Crippen LogP contribution in [0.4, 0.5) is 0 Å². The second kappa shape index (κ2) is 4.53. The minimum Gasteiger partial charge on any atom is -0.476 e. The van der Waals surface area contributed by atoms with Crippen LogP contribution in [0.5, 0.6) is 0 Å². The number of aromatic nitrogens is 1. The number of rotatable bonds is 2. The smallest absolute Gasteiger partial charge is 0.356 e. The molecule has 1 aromatic heterocycles. The van der Waals surface area contributed by atoms with E-state index in [1.54, 1.807) is 24.3 Å². The van der Waals surface area contributed by atoms with E-state index >= 15 is 0 Å². The summed E-state index contributed by atoms with van der Waals surface area (Å²) in [6.45, 7) is 0. The molecule has 0 atom stereocenters. The third-order valence-corrected chi connectivity index (χ3v) is 3.72. The van der Waals surface area contributed by atoms with Gasteiger partial charge in [-0.15, -0.1) is 11.3 Å². The fourth-order valence-corrected chi connectivity index (χ4v) is 2.81. The van der Waals surface area contributed by atoms with Crippen molar-refractivity contribution in [2.24, 2.45) is 0 Å². The lowest BCUT2D eigenvalue weighted by Gasteiger charge is -1.98. The molecule has 1 N–H and O–H groups in total. The van der Waals surface area contributed by atoms with Crippen LogP contribution in [0, 0.1) is 0 Å². The summed E-state index contributed by atoms with van der Waals surface area (Å²) in [5.74, 6) is -1.04. The summed E-state index contributed by atoms with van der Waals surface area (Å²) in [6, 6.07) is 6.98. The van der Waals surface area contributed by atoms with Gasteiger partial charge in [-0.1, -0.05) is 23.7 Å². The Labute approximate surface area is 109 Å². The number of aromatic carboxylic acids is 1. The summed E-state index contributed by atoms with van der Waals surface area (Å²) in [4.78, 5) is 15.5. The van der Waals surface area contributed by atoms with Gasteiger partial charge in [0.2, 0.25) is 0 Å². The molecule has 3 nitrogen and oxygen atoms in total. The van der Waals surface area contributed by atoms with E-state index in [0.29, 0.717) is 13.8 Å². The van der Waals surface area contributed by atoms with Gasteiger partial charge in [0.25, 0.3) is 0 Å². The predicted molar refractivity (Wildman–Crippen MR) is 67.2 cm³/mol. The maximum atomic E-state index is 11.0. The van der Waals surface area contributed by atoms with Crippen molar-refractivity contribution in [1.29, 1.82) is 0 Å². The van der Waals surface area contributed by atoms with E-state index in [9.17, 15) is 4.79 Å². The van der Waals surface area contributed by atoms with Gasteiger partial charge in [0, 0.05) is 5.02 Å². The van der Waals surface area contributed by atoms with Gasteiger partial charge < -0.3 is 5.11 Å². The highest BCUT2D eigenvalue weighted by molar-refractivity contribution is 9.11. The zero-order valence-electron chi connectivity index (χ0n) is 7.78. The van der Waals surface area contributed by atoms with E-state index < -0.39 is 5.97 Å². The van der Waals surface area contributed by atoms with E-state index in [4.69, 9.17) is 16.7 Å². The fourth-order valence-electron chi connectivity index (χ4n) is 1.24. The van der Waals surface area contributed by atoms with Crippen molar-refractivity contribution in [1.82, 2.24) is 4.98 Å². The number of thiazole rings is 1. The Morgan fingerprint density at radius 1 is 1.38 bits per heavy atom. The minimum absolute atomic E-state index is 0.0548. The lowest BCUT2D eigenvalue weighted by atomic mass is 10.1. The molecule has 0 fully saturated rings. The van der Waals surface area contributed by atoms with E-state index in [-0.39, 0.29) is 5.69 Å². The normalized spacial score (nSPS) is 10.4. The van der Waals surface area contributed by atoms with Gasteiger partial charge in [-0.2, -0.15) is 0 Å². The van der Waals surface area contributed by atoms with E-state index in [1.807, 2.05) is 0 Å². The van der Waals surface area contributed by atoms with Crippen LogP contribution in [0.15, 0.2) is 28.2 Å². The number of benzene rings is 1. The monoisotopic (exact) mass is 317 g/mol. The van der Waals surface area contributed by atoms with E-state index in [1.165, 1.54) is 11.3 Å². The Hall–Kier alpha value is -0.910. The van der Waals surface area contributed by atoms with Gasteiger partial charge >= 0.3 is 5.97 Å². The molecule has 1 heterocycles. The molecule has 2 rings (SSSR count). The standard InChI is InChI=1S/C10H5BrClNO2S/c11-10-13-7(9(14)15)8(16-10)5-1-3-6(12)4-2-5/h1-4H,(H,14,15). The molecule has 82 valence electrons. The molecule has 0 spiro atoms. The second-order valence-electron chi connectivity index (χ2n) is 2.96. The SMILES string of the molecule is O=C(O)c1nc(Br)sc1-c1ccc(Cl)cc1. The second-order valence-corrected chi connectivity index (χ2v) is 5.67. The Morgan fingerprint density at radius 3 is 2.56 bits per heavy atom. The summed E-state index contributed by atoms with van der Waals surface area (Å²) in [5.41, 5.74) is 0.851. The molecule has 16 heavy (non-hydrogen) atoms. The molecule has 0 saturated carbocycles. The predicted octanol–water partition coefficient (Wildman–Crippen LogP) is 3.92. The van der Waals surface area contributed by atoms with Crippen LogP contribution >= 0.6 is 38.9 Å². The number of hydrogen-bond acceptors (Lipinski definition) is 3. The lowest BCUT2D eigenvalue weighted by molar-refractivity contribution is 0.0692. The molecule has 0 aliphatic rings. The Bertz CT molecular complexity index is 538. The number of carboxylic acids is 1. The molecule has 0 bridgehead atoms. The first kappa shape index (κ1) is 11.6. The van der Waals surface area contributed by atoms with Crippen LogP contribution in [-0.2, 0) is 0 Å². The Morgan fingerprint density at radius 2 is 2.00 bits per heavy atom. The van der Waals surface area contributed by atoms with Crippen molar-refractivity contribution in [2.45, 2.75) is 0 Å². The van der Waals surface area contributed by atoms with Crippen LogP contribution in [0.3, 0.4) is 0 Å². The molecule has 0 radical (unpaired) electrons. The average molecular weight is 319 g/mol. The molecular weight excluding hydrogens is 314 g/mol. The van der Waals surface area contributed by atoms with E-state index in [0.717, 1.165) is 5.56 Å². The number of nitrogens with zero attached hydrogens (tertiary/aromatic N) is 1. The first-order valence-corrected chi connectivity index (χ1v) is 6.22. The molecule has 0 unspecified atom stereocenters. The van der Waals surface area contributed by atoms with Gasteiger partial charge in [-0.25, -0.2) is 9.78 Å². The number of carbonyl (C=O) groups is 1. The molecule has 6 heteroatoms.